The van der Waals surface area contributed by atoms with Crippen LogP contribution in [0.2, 0.25) is 10.3 Å². The molecule has 0 saturated heterocycles. The van der Waals surface area contributed by atoms with Gasteiger partial charge in [-0.1, -0.05) is 29.3 Å². The maximum atomic E-state index is 12.8. The second kappa shape index (κ2) is 3.13. The molecule has 66 valence electrons. The van der Waals surface area contributed by atoms with Crippen LogP contribution in [0.15, 0.2) is 24.3 Å². The molecule has 13 heavy (non-hydrogen) atoms. The second-order valence-electron chi connectivity index (χ2n) is 2.60. The van der Waals surface area contributed by atoms with Crippen LogP contribution < -0.4 is 0 Å². The van der Waals surface area contributed by atoms with E-state index in [-0.39, 0.29) is 11.0 Å². The van der Waals surface area contributed by atoms with Crippen molar-refractivity contribution in [3.05, 3.63) is 40.4 Å². The zero-order valence-electron chi connectivity index (χ0n) is 6.39. The largest absolute Gasteiger partial charge is 0.224 e. The van der Waals surface area contributed by atoms with Gasteiger partial charge in [-0.25, -0.2) is 9.37 Å². The maximum absolute atomic E-state index is 12.8. The van der Waals surface area contributed by atoms with Gasteiger partial charge in [0.1, 0.15) is 16.1 Å². The molecule has 1 heterocycles. The van der Waals surface area contributed by atoms with Gasteiger partial charge in [0.15, 0.2) is 0 Å². The van der Waals surface area contributed by atoms with Crippen LogP contribution in [-0.2, 0) is 0 Å². The Balaban J connectivity index is 2.87. The number of hydrogen-bond acceptors (Lipinski definition) is 1. The highest BCUT2D eigenvalue weighted by Gasteiger charge is 2.03. The molecule has 0 aliphatic carbocycles. The number of nitrogens with zero attached hydrogens (tertiary/aromatic N) is 1. The SMILES string of the molecule is Fc1ccc2cc(Cl)nc(Cl)c2c1. The van der Waals surface area contributed by atoms with Gasteiger partial charge in [0, 0.05) is 5.39 Å². The lowest BCUT2D eigenvalue weighted by molar-refractivity contribution is 0.629. The van der Waals surface area contributed by atoms with Crippen molar-refractivity contribution in [2.24, 2.45) is 0 Å². The van der Waals surface area contributed by atoms with Crippen molar-refractivity contribution in [3.63, 3.8) is 0 Å². The third kappa shape index (κ3) is 1.60. The molecule has 0 radical (unpaired) electrons. The smallest absolute Gasteiger partial charge is 0.138 e. The highest BCUT2D eigenvalue weighted by molar-refractivity contribution is 6.36. The van der Waals surface area contributed by atoms with Crippen molar-refractivity contribution in [1.29, 1.82) is 0 Å². The minimum absolute atomic E-state index is 0.224. The standard InChI is InChI=1S/C9H4Cl2FN/c10-8-3-5-1-2-6(12)4-7(5)9(11)13-8/h1-4H. The Morgan fingerprint density at radius 2 is 1.92 bits per heavy atom. The molecule has 0 bridgehead atoms. The van der Waals surface area contributed by atoms with E-state index in [4.69, 9.17) is 23.2 Å². The Kier molecular flexibility index (Phi) is 2.10. The van der Waals surface area contributed by atoms with Crippen molar-refractivity contribution in [3.8, 4) is 0 Å². The van der Waals surface area contributed by atoms with Crippen molar-refractivity contribution < 1.29 is 4.39 Å². The molecular weight excluding hydrogens is 212 g/mol. The number of rotatable bonds is 0. The first kappa shape index (κ1) is 8.73. The fourth-order valence-corrected chi connectivity index (χ4v) is 1.65. The van der Waals surface area contributed by atoms with Crippen LogP contribution in [0.4, 0.5) is 4.39 Å². The summed E-state index contributed by atoms with van der Waals surface area (Å²) >= 11 is 11.4. The predicted octanol–water partition coefficient (Wildman–Crippen LogP) is 3.68. The van der Waals surface area contributed by atoms with Crippen LogP contribution in [-0.4, -0.2) is 4.98 Å². The highest BCUT2D eigenvalue weighted by atomic mass is 35.5. The van der Waals surface area contributed by atoms with Gasteiger partial charge in [0.2, 0.25) is 0 Å². The minimum atomic E-state index is -0.335. The first-order valence-electron chi connectivity index (χ1n) is 3.58. The van der Waals surface area contributed by atoms with Crippen molar-refractivity contribution in [2.45, 2.75) is 0 Å². The Morgan fingerprint density at radius 1 is 1.15 bits per heavy atom. The number of fused-ring (bicyclic) bond motifs is 1. The quantitative estimate of drug-likeness (QED) is 0.612. The summed E-state index contributed by atoms with van der Waals surface area (Å²) in [6.45, 7) is 0. The Bertz CT molecular complexity index is 470. The minimum Gasteiger partial charge on any atom is -0.224 e. The predicted molar refractivity (Wildman–Crippen MR) is 51.7 cm³/mol. The molecule has 1 aromatic heterocycles. The zero-order chi connectivity index (χ0) is 9.42. The summed E-state index contributed by atoms with van der Waals surface area (Å²) in [5.41, 5.74) is 0. The van der Waals surface area contributed by atoms with E-state index in [1.165, 1.54) is 12.1 Å². The molecule has 2 rings (SSSR count). The normalized spacial score (nSPS) is 10.7. The summed E-state index contributed by atoms with van der Waals surface area (Å²) in [5, 5.41) is 1.89. The molecule has 0 fully saturated rings. The zero-order valence-corrected chi connectivity index (χ0v) is 7.90. The molecule has 0 spiro atoms. The molecule has 0 unspecified atom stereocenters. The first-order valence-corrected chi connectivity index (χ1v) is 4.34. The van der Waals surface area contributed by atoms with Gasteiger partial charge in [-0.15, -0.1) is 0 Å². The van der Waals surface area contributed by atoms with Crippen LogP contribution in [0.5, 0.6) is 0 Å². The molecule has 0 aliphatic heterocycles. The fourth-order valence-electron chi connectivity index (χ4n) is 1.15. The first-order chi connectivity index (χ1) is 6.16. The lowest BCUT2D eigenvalue weighted by Crippen LogP contribution is -1.82. The molecule has 4 heteroatoms. The Hall–Kier alpha value is -0.860. The van der Waals surface area contributed by atoms with Gasteiger partial charge < -0.3 is 0 Å². The molecule has 0 N–H and O–H groups in total. The summed E-state index contributed by atoms with van der Waals surface area (Å²) < 4.78 is 12.8. The molecule has 1 nitrogen and oxygen atoms in total. The van der Waals surface area contributed by atoms with E-state index in [0.29, 0.717) is 10.5 Å². The molecule has 0 atom stereocenters. The van der Waals surface area contributed by atoms with E-state index in [1.54, 1.807) is 12.1 Å². The second-order valence-corrected chi connectivity index (χ2v) is 3.35. The van der Waals surface area contributed by atoms with E-state index >= 15 is 0 Å². The van der Waals surface area contributed by atoms with Gasteiger partial charge >= 0.3 is 0 Å². The third-order valence-electron chi connectivity index (χ3n) is 1.72. The highest BCUT2D eigenvalue weighted by Crippen LogP contribution is 2.25. The lowest BCUT2D eigenvalue weighted by Gasteiger charge is -2.00. The summed E-state index contributed by atoms with van der Waals surface area (Å²) in [4.78, 5) is 3.81. The van der Waals surface area contributed by atoms with E-state index in [0.717, 1.165) is 5.39 Å². The van der Waals surface area contributed by atoms with Crippen molar-refractivity contribution >= 4 is 34.0 Å². The van der Waals surface area contributed by atoms with Crippen LogP contribution in [0, 0.1) is 5.82 Å². The summed E-state index contributed by atoms with van der Waals surface area (Å²) in [7, 11) is 0. The summed E-state index contributed by atoms with van der Waals surface area (Å²) in [6, 6.07) is 5.95. The van der Waals surface area contributed by atoms with Gasteiger partial charge in [-0.2, -0.15) is 0 Å². The van der Waals surface area contributed by atoms with Gasteiger partial charge in [-0.3, -0.25) is 0 Å². The molecule has 1 aromatic carbocycles. The lowest BCUT2D eigenvalue weighted by atomic mass is 10.2. The average Bonchev–Trinajstić information content (AvgIpc) is 2.06. The number of hydrogen-bond donors (Lipinski definition) is 0. The van der Waals surface area contributed by atoms with Crippen LogP contribution in [0.25, 0.3) is 10.8 Å². The monoisotopic (exact) mass is 215 g/mol. The summed E-state index contributed by atoms with van der Waals surface area (Å²) in [5.74, 6) is -0.335. The van der Waals surface area contributed by atoms with Crippen molar-refractivity contribution in [1.82, 2.24) is 4.98 Å². The molecular formula is C9H4Cl2FN. The number of aromatic nitrogens is 1. The topological polar surface area (TPSA) is 12.9 Å². The van der Waals surface area contributed by atoms with Crippen molar-refractivity contribution in [2.75, 3.05) is 0 Å². The summed E-state index contributed by atoms with van der Waals surface area (Å²) in [6.07, 6.45) is 0. The van der Waals surface area contributed by atoms with E-state index in [1.807, 2.05) is 0 Å². The van der Waals surface area contributed by atoms with Gasteiger partial charge in [0.05, 0.1) is 0 Å². The third-order valence-corrected chi connectivity index (χ3v) is 2.20. The number of halogens is 3. The maximum Gasteiger partial charge on any atom is 0.138 e. The van der Waals surface area contributed by atoms with Crippen LogP contribution in [0.3, 0.4) is 0 Å². The van der Waals surface area contributed by atoms with Crippen LogP contribution in [0.1, 0.15) is 0 Å². The van der Waals surface area contributed by atoms with E-state index in [9.17, 15) is 4.39 Å². The molecule has 0 aliphatic rings. The Morgan fingerprint density at radius 3 is 2.69 bits per heavy atom. The molecule has 2 aromatic rings. The van der Waals surface area contributed by atoms with Gasteiger partial charge in [-0.05, 0) is 23.6 Å². The molecule has 0 amide bonds. The Labute approximate surface area is 84.1 Å². The fraction of sp³-hybridized carbons (Fsp3) is 0. The van der Waals surface area contributed by atoms with E-state index in [2.05, 4.69) is 4.98 Å². The number of benzene rings is 1. The van der Waals surface area contributed by atoms with Gasteiger partial charge in [0.25, 0.3) is 0 Å². The van der Waals surface area contributed by atoms with Crippen LogP contribution >= 0.6 is 23.2 Å². The van der Waals surface area contributed by atoms with E-state index < -0.39 is 0 Å². The molecule has 0 saturated carbocycles. The average molecular weight is 216 g/mol. The number of pyridine rings is 1.